The second-order valence-corrected chi connectivity index (χ2v) is 5.61. The van der Waals surface area contributed by atoms with Crippen molar-refractivity contribution in [2.45, 2.75) is 0 Å². The third-order valence-electron chi connectivity index (χ3n) is 3.46. The lowest BCUT2D eigenvalue weighted by atomic mass is 10.1. The summed E-state index contributed by atoms with van der Waals surface area (Å²) in [7, 11) is 0. The summed E-state index contributed by atoms with van der Waals surface area (Å²) in [5, 5.41) is 4.85. The molecule has 118 valence electrons. The summed E-state index contributed by atoms with van der Waals surface area (Å²) in [6.45, 7) is 0. The van der Waals surface area contributed by atoms with E-state index in [0.29, 0.717) is 0 Å². The highest BCUT2D eigenvalue weighted by molar-refractivity contribution is 7.80. The zero-order valence-corrected chi connectivity index (χ0v) is 13.5. The molecule has 5 heteroatoms. The van der Waals surface area contributed by atoms with Gasteiger partial charge in [0.05, 0.1) is 0 Å². The van der Waals surface area contributed by atoms with Crippen LogP contribution in [0.4, 0.5) is 0 Å². The Labute approximate surface area is 144 Å². The predicted octanol–water partition coefficient (Wildman–Crippen LogP) is 2.77. The van der Waals surface area contributed by atoms with E-state index in [4.69, 9.17) is 12.2 Å². The van der Waals surface area contributed by atoms with Crippen molar-refractivity contribution in [3.63, 3.8) is 0 Å². The van der Waals surface area contributed by atoms with Crippen LogP contribution >= 0.6 is 12.2 Å². The normalized spacial score (nSPS) is 14.5. The molecule has 4 nitrogen and oxygen atoms in total. The van der Waals surface area contributed by atoms with Gasteiger partial charge in [-0.1, -0.05) is 66.7 Å². The first-order valence-corrected chi connectivity index (χ1v) is 7.74. The van der Waals surface area contributed by atoms with Crippen molar-refractivity contribution in [2.75, 3.05) is 0 Å². The first kappa shape index (κ1) is 15.8. The molecule has 2 N–H and O–H groups in total. The summed E-state index contributed by atoms with van der Waals surface area (Å²) >= 11 is 4.77. The Hall–Kier alpha value is -3.05. The second kappa shape index (κ2) is 7.02. The number of carbonyl (C=O) groups excluding carboxylic acids is 2. The molecule has 1 aliphatic rings. The van der Waals surface area contributed by atoms with Crippen LogP contribution < -0.4 is 10.6 Å². The molecule has 0 atom stereocenters. The first-order valence-electron chi connectivity index (χ1n) is 7.33. The van der Waals surface area contributed by atoms with Gasteiger partial charge in [-0.05, 0) is 35.0 Å². The topological polar surface area (TPSA) is 58.2 Å². The van der Waals surface area contributed by atoms with Crippen LogP contribution in [0.5, 0.6) is 0 Å². The quantitative estimate of drug-likeness (QED) is 0.393. The standard InChI is InChI=1S/C19H14N2O2S/c22-17-16(18(23)21-19(24)20-17)12-15-10-8-14(9-11-15)7-6-13-4-2-1-3-5-13/h1-12H,(H2,20,21,22,23,24)/b7-6+. The molecule has 2 aromatic carbocycles. The van der Waals surface area contributed by atoms with Crippen LogP contribution in [0.3, 0.4) is 0 Å². The van der Waals surface area contributed by atoms with Crippen LogP contribution in [0, 0.1) is 0 Å². The maximum atomic E-state index is 11.8. The number of hydrogen-bond donors (Lipinski definition) is 2. The molecule has 1 fully saturated rings. The summed E-state index contributed by atoms with van der Waals surface area (Å²) in [6, 6.07) is 17.6. The monoisotopic (exact) mass is 334 g/mol. The van der Waals surface area contributed by atoms with Gasteiger partial charge in [0.15, 0.2) is 5.11 Å². The lowest BCUT2D eigenvalue weighted by Gasteiger charge is -2.16. The highest BCUT2D eigenvalue weighted by Gasteiger charge is 2.25. The zero-order chi connectivity index (χ0) is 16.9. The van der Waals surface area contributed by atoms with E-state index < -0.39 is 11.8 Å². The average molecular weight is 334 g/mol. The number of rotatable bonds is 3. The zero-order valence-electron chi connectivity index (χ0n) is 12.7. The lowest BCUT2D eigenvalue weighted by molar-refractivity contribution is -0.123. The third-order valence-corrected chi connectivity index (χ3v) is 3.66. The van der Waals surface area contributed by atoms with E-state index in [-0.39, 0.29) is 10.7 Å². The molecular formula is C19H14N2O2S. The van der Waals surface area contributed by atoms with Gasteiger partial charge < -0.3 is 0 Å². The number of amides is 2. The fourth-order valence-electron chi connectivity index (χ4n) is 2.23. The lowest BCUT2D eigenvalue weighted by Crippen LogP contribution is -2.51. The largest absolute Gasteiger partial charge is 0.299 e. The van der Waals surface area contributed by atoms with Gasteiger partial charge in [-0.2, -0.15) is 0 Å². The SMILES string of the molecule is O=C1NC(=S)NC(=O)C1=Cc1ccc(/C=C/c2ccccc2)cc1. The molecule has 0 aromatic heterocycles. The summed E-state index contributed by atoms with van der Waals surface area (Å²) in [5.74, 6) is -0.978. The number of nitrogens with one attached hydrogen (secondary N) is 2. The van der Waals surface area contributed by atoms with Gasteiger partial charge in [-0.25, -0.2) is 0 Å². The van der Waals surface area contributed by atoms with Crippen LogP contribution in [0.15, 0.2) is 60.2 Å². The Morgan fingerprint density at radius 3 is 1.79 bits per heavy atom. The number of thiocarbonyl (C=S) groups is 1. The molecule has 0 unspecified atom stereocenters. The average Bonchev–Trinajstić information content (AvgIpc) is 2.58. The Morgan fingerprint density at radius 2 is 1.21 bits per heavy atom. The van der Waals surface area contributed by atoms with Gasteiger partial charge in [0.25, 0.3) is 11.8 Å². The van der Waals surface area contributed by atoms with Crippen molar-refractivity contribution in [3.05, 3.63) is 76.9 Å². The summed E-state index contributed by atoms with van der Waals surface area (Å²) in [5.41, 5.74) is 2.95. The van der Waals surface area contributed by atoms with Gasteiger partial charge in [0.1, 0.15) is 5.57 Å². The van der Waals surface area contributed by atoms with Crippen LogP contribution in [0.1, 0.15) is 16.7 Å². The molecule has 2 amide bonds. The number of carbonyl (C=O) groups is 2. The van der Waals surface area contributed by atoms with Crippen molar-refractivity contribution in [2.24, 2.45) is 0 Å². The highest BCUT2D eigenvalue weighted by atomic mass is 32.1. The Morgan fingerprint density at radius 1 is 0.708 bits per heavy atom. The Kier molecular flexibility index (Phi) is 4.63. The van der Waals surface area contributed by atoms with E-state index in [2.05, 4.69) is 10.6 Å². The van der Waals surface area contributed by atoms with E-state index >= 15 is 0 Å². The van der Waals surface area contributed by atoms with Gasteiger partial charge >= 0.3 is 0 Å². The van der Waals surface area contributed by atoms with E-state index in [0.717, 1.165) is 16.7 Å². The fourth-order valence-corrected chi connectivity index (χ4v) is 2.42. The van der Waals surface area contributed by atoms with E-state index in [1.165, 1.54) is 6.08 Å². The van der Waals surface area contributed by atoms with E-state index in [9.17, 15) is 9.59 Å². The smallest absolute Gasteiger partial charge is 0.263 e. The molecule has 24 heavy (non-hydrogen) atoms. The molecule has 1 aliphatic heterocycles. The van der Waals surface area contributed by atoms with Crippen LogP contribution in [0.25, 0.3) is 18.2 Å². The van der Waals surface area contributed by atoms with Crippen molar-refractivity contribution in [3.8, 4) is 0 Å². The molecule has 0 aliphatic carbocycles. The second-order valence-electron chi connectivity index (χ2n) is 5.21. The van der Waals surface area contributed by atoms with Crippen molar-refractivity contribution < 1.29 is 9.59 Å². The maximum Gasteiger partial charge on any atom is 0.263 e. The third kappa shape index (κ3) is 3.83. The molecule has 1 saturated heterocycles. The fraction of sp³-hybridized carbons (Fsp3) is 0. The summed E-state index contributed by atoms with van der Waals surface area (Å²) in [4.78, 5) is 23.6. The predicted molar refractivity (Wildman–Crippen MR) is 98.7 cm³/mol. The molecule has 0 radical (unpaired) electrons. The van der Waals surface area contributed by atoms with Gasteiger partial charge in [0.2, 0.25) is 0 Å². The van der Waals surface area contributed by atoms with E-state index in [1.807, 2.05) is 66.7 Å². The van der Waals surface area contributed by atoms with E-state index in [1.54, 1.807) is 0 Å². The Balaban J connectivity index is 1.76. The molecule has 0 bridgehead atoms. The van der Waals surface area contributed by atoms with Crippen LogP contribution in [-0.4, -0.2) is 16.9 Å². The van der Waals surface area contributed by atoms with Crippen molar-refractivity contribution in [1.82, 2.24) is 10.6 Å². The summed E-state index contributed by atoms with van der Waals surface area (Å²) in [6.07, 6.45) is 5.57. The minimum atomic E-state index is -0.489. The number of benzene rings is 2. The Bertz CT molecular complexity index is 831. The molecule has 3 rings (SSSR count). The molecular weight excluding hydrogens is 320 g/mol. The number of hydrogen-bond acceptors (Lipinski definition) is 3. The van der Waals surface area contributed by atoms with Crippen LogP contribution in [0.2, 0.25) is 0 Å². The van der Waals surface area contributed by atoms with Crippen molar-refractivity contribution >= 4 is 47.4 Å². The molecule has 0 spiro atoms. The molecule has 1 heterocycles. The minimum Gasteiger partial charge on any atom is -0.299 e. The van der Waals surface area contributed by atoms with Gasteiger partial charge in [-0.3, -0.25) is 20.2 Å². The summed E-state index contributed by atoms with van der Waals surface area (Å²) < 4.78 is 0. The molecule has 0 saturated carbocycles. The molecule has 2 aromatic rings. The van der Waals surface area contributed by atoms with Gasteiger partial charge in [-0.15, -0.1) is 0 Å². The minimum absolute atomic E-state index is 0.0311. The van der Waals surface area contributed by atoms with Crippen molar-refractivity contribution in [1.29, 1.82) is 0 Å². The highest BCUT2D eigenvalue weighted by Crippen LogP contribution is 2.13. The van der Waals surface area contributed by atoms with Gasteiger partial charge in [0, 0.05) is 0 Å². The van der Waals surface area contributed by atoms with Crippen LogP contribution in [-0.2, 0) is 9.59 Å². The maximum absolute atomic E-state index is 11.8. The first-order chi connectivity index (χ1) is 11.6.